The number of ether oxygens (including phenoxy) is 3. The molecular formula is C12H15FO3. The molecule has 3 nitrogen and oxygen atoms in total. The number of aryl methyl sites for hydroxylation is 1. The van der Waals surface area contributed by atoms with Crippen molar-refractivity contribution >= 4 is 0 Å². The molecule has 0 spiro atoms. The van der Waals surface area contributed by atoms with Crippen LogP contribution in [0.2, 0.25) is 0 Å². The average Bonchev–Trinajstić information content (AvgIpc) is 2.74. The van der Waals surface area contributed by atoms with Gasteiger partial charge >= 0.3 is 0 Å². The van der Waals surface area contributed by atoms with E-state index in [1.54, 1.807) is 6.07 Å². The molecule has 0 saturated carbocycles. The van der Waals surface area contributed by atoms with Gasteiger partial charge in [0, 0.05) is 6.42 Å². The molecule has 1 saturated heterocycles. The van der Waals surface area contributed by atoms with Gasteiger partial charge in [-0.05, 0) is 30.7 Å². The smallest absolute Gasteiger partial charge is 0.161 e. The topological polar surface area (TPSA) is 27.7 Å². The second-order valence-corrected chi connectivity index (χ2v) is 3.72. The summed E-state index contributed by atoms with van der Waals surface area (Å²) in [7, 11) is 0. The number of hydrogen-bond acceptors (Lipinski definition) is 3. The highest BCUT2D eigenvalue weighted by molar-refractivity contribution is 5.32. The molecule has 0 atom stereocenters. The van der Waals surface area contributed by atoms with Gasteiger partial charge in [-0.25, -0.2) is 4.39 Å². The normalized spacial score (nSPS) is 16.6. The van der Waals surface area contributed by atoms with Gasteiger partial charge in [0.15, 0.2) is 6.29 Å². The van der Waals surface area contributed by atoms with Gasteiger partial charge in [0.1, 0.15) is 11.6 Å². The van der Waals surface area contributed by atoms with E-state index in [2.05, 4.69) is 0 Å². The molecule has 1 fully saturated rings. The molecule has 0 radical (unpaired) electrons. The first-order valence-electron chi connectivity index (χ1n) is 5.38. The Balaban J connectivity index is 1.80. The lowest BCUT2D eigenvalue weighted by atomic mass is 10.2. The minimum atomic E-state index is -0.243. The third kappa shape index (κ3) is 2.93. The summed E-state index contributed by atoms with van der Waals surface area (Å²) in [5, 5.41) is 0. The molecule has 0 N–H and O–H groups in total. The zero-order valence-electron chi connectivity index (χ0n) is 9.24. The number of halogens is 1. The fraction of sp³-hybridized carbons (Fsp3) is 0.500. The van der Waals surface area contributed by atoms with E-state index in [9.17, 15) is 4.39 Å². The van der Waals surface area contributed by atoms with E-state index in [4.69, 9.17) is 14.2 Å². The lowest BCUT2D eigenvalue weighted by Gasteiger charge is -2.11. The molecule has 1 aromatic carbocycles. The number of benzene rings is 1. The van der Waals surface area contributed by atoms with Crippen molar-refractivity contribution in [3.8, 4) is 5.75 Å². The van der Waals surface area contributed by atoms with Crippen LogP contribution in [0.25, 0.3) is 0 Å². The lowest BCUT2D eigenvalue weighted by Crippen LogP contribution is -2.12. The van der Waals surface area contributed by atoms with Crippen molar-refractivity contribution in [1.29, 1.82) is 0 Å². The van der Waals surface area contributed by atoms with Gasteiger partial charge in [0.25, 0.3) is 0 Å². The average molecular weight is 226 g/mol. The zero-order valence-corrected chi connectivity index (χ0v) is 9.24. The Labute approximate surface area is 94.1 Å². The minimum Gasteiger partial charge on any atom is -0.493 e. The van der Waals surface area contributed by atoms with Crippen LogP contribution < -0.4 is 4.74 Å². The highest BCUT2D eigenvalue weighted by Crippen LogP contribution is 2.19. The second kappa shape index (κ2) is 5.27. The Morgan fingerprint density at radius 1 is 1.38 bits per heavy atom. The van der Waals surface area contributed by atoms with Crippen LogP contribution in [0.3, 0.4) is 0 Å². The van der Waals surface area contributed by atoms with E-state index in [1.807, 2.05) is 6.92 Å². The number of rotatable bonds is 4. The maximum absolute atomic E-state index is 12.8. The van der Waals surface area contributed by atoms with Crippen LogP contribution in [-0.2, 0) is 9.47 Å². The Morgan fingerprint density at radius 2 is 2.12 bits per heavy atom. The van der Waals surface area contributed by atoms with Crippen molar-refractivity contribution < 1.29 is 18.6 Å². The molecule has 1 heterocycles. The standard InChI is InChI=1S/C12H15FO3/c1-9-8-10(13)2-3-11(9)14-5-4-12-15-6-7-16-12/h2-3,8,12H,4-7H2,1H3. The molecule has 0 aliphatic carbocycles. The predicted molar refractivity (Wildman–Crippen MR) is 56.9 cm³/mol. The van der Waals surface area contributed by atoms with Crippen molar-refractivity contribution in [2.45, 2.75) is 19.6 Å². The lowest BCUT2D eigenvalue weighted by molar-refractivity contribution is -0.0531. The summed E-state index contributed by atoms with van der Waals surface area (Å²) in [5.41, 5.74) is 0.799. The Bertz CT molecular complexity index is 348. The molecule has 4 heteroatoms. The van der Waals surface area contributed by atoms with Gasteiger partial charge in [-0.15, -0.1) is 0 Å². The van der Waals surface area contributed by atoms with E-state index >= 15 is 0 Å². The summed E-state index contributed by atoms with van der Waals surface area (Å²) in [5.74, 6) is 0.465. The van der Waals surface area contributed by atoms with Crippen molar-refractivity contribution in [1.82, 2.24) is 0 Å². The third-order valence-electron chi connectivity index (χ3n) is 2.44. The molecule has 0 aromatic heterocycles. The fourth-order valence-electron chi connectivity index (χ4n) is 1.61. The molecule has 0 unspecified atom stereocenters. The van der Waals surface area contributed by atoms with Gasteiger partial charge in [-0.3, -0.25) is 0 Å². The van der Waals surface area contributed by atoms with Gasteiger partial charge in [0.2, 0.25) is 0 Å². The molecular weight excluding hydrogens is 211 g/mol. The Morgan fingerprint density at radius 3 is 2.81 bits per heavy atom. The molecule has 1 aliphatic rings. The van der Waals surface area contributed by atoms with Crippen molar-refractivity contribution in [3.63, 3.8) is 0 Å². The van der Waals surface area contributed by atoms with Crippen molar-refractivity contribution in [2.24, 2.45) is 0 Å². The van der Waals surface area contributed by atoms with Gasteiger partial charge in [-0.2, -0.15) is 0 Å². The molecule has 16 heavy (non-hydrogen) atoms. The molecule has 1 aromatic rings. The highest BCUT2D eigenvalue weighted by atomic mass is 19.1. The Kier molecular flexibility index (Phi) is 3.74. The quantitative estimate of drug-likeness (QED) is 0.788. The largest absolute Gasteiger partial charge is 0.493 e. The van der Waals surface area contributed by atoms with E-state index in [1.165, 1.54) is 12.1 Å². The van der Waals surface area contributed by atoms with Crippen LogP contribution in [-0.4, -0.2) is 26.1 Å². The SMILES string of the molecule is Cc1cc(F)ccc1OCCC1OCCO1. The van der Waals surface area contributed by atoms with Crippen LogP contribution in [0.1, 0.15) is 12.0 Å². The Hall–Kier alpha value is -1.13. The fourth-order valence-corrected chi connectivity index (χ4v) is 1.61. The zero-order chi connectivity index (χ0) is 11.4. The van der Waals surface area contributed by atoms with Crippen molar-refractivity contribution in [3.05, 3.63) is 29.6 Å². The maximum atomic E-state index is 12.8. The monoisotopic (exact) mass is 226 g/mol. The van der Waals surface area contributed by atoms with Crippen LogP contribution in [0.5, 0.6) is 5.75 Å². The van der Waals surface area contributed by atoms with E-state index < -0.39 is 0 Å². The van der Waals surface area contributed by atoms with E-state index in [0.717, 1.165) is 5.56 Å². The van der Waals surface area contributed by atoms with Gasteiger partial charge in [-0.1, -0.05) is 0 Å². The second-order valence-electron chi connectivity index (χ2n) is 3.72. The first kappa shape index (κ1) is 11.4. The highest BCUT2D eigenvalue weighted by Gasteiger charge is 2.15. The van der Waals surface area contributed by atoms with Crippen LogP contribution >= 0.6 is 0 Å². The van der Waals surface area contributed by atoms with Gasteiger partial charge < -0.3 is 14.2 Å². The van der Waals surface area contributed by atoms with Gasteiger partial charge in [0.05, 0.1) is 19.8 Å². The summed E-state index contributed by atoms with van der Waals surface area (Å²) < 4.78 is 28.9. The third-order valence-corrected chi connectivity index (χ3v) is 2.44. The molecule has 0 amide bonds. The van der Waals surface area contributed by atoms with E-state index in [0.29, 0.717) is 32.0 Å². The summed E-state index contributed by atoms with van der Waals surface area (Å²) in [6, 6.07) is 4.49. The molecule has 2 rings (SSSR count). The summed E-state index contributed by atoms with van der Waals surface area (Å²) in [6.07, 6.45) is 0.539. The van der Waals surface area contributed by atoms with Crippen LogP contribution in [0.4, 0.5) is 4.39 Å². The number of hydrogen-bond donors (Lipinski definition) is 0. The minimum absolute atomic E-state index is 0.152. The van der Waals surface area contributed by atoms with Crippen LogP contribution in [0, 0.1) is 12.7 Å². The molecule has 88 valence electrons. The van der Waals surface area contributed by atoms with E-state index in [-0.39, 0.29) is 12.1 Å². The predicted octanol–water partition coefficient (Wildman–Crippen LogP) is 2.28. The van der Waals surface area contributed by atoms with Crippen molar-refractivity contribution in [2.75, 3.05) is 19.8 Å². The summed E-state index contributed by atoms with van der Waals surface area (Å²) in [6.45, 7) is 3.64. The molecule has 0 bridgehead atoms. The summed E-state index contributed by atoms with van der Waals surface area (Å²) >= 11 is 0. The maximum Gasteiger partial charge on any atom is 0.161 e. The first-order chi connectivity index (χ1) is 7.75. The van der Waals surface area contributed by atoms with Crippen LogP contribution in [0.15, 0.2) is 18.2 Å². The summed E-state index contributed by atoms with van der Waals surface area (Å²) in [4.78, 5) is 0. The first-order valence-corrected chi connectivity index (χ1v) is 5.38. The molecule has 1 aliphatic heterocycles.